The molecule has 1 amide bonds. The zero-order chi connectivity index (χ0) is 20.2. The zero-order valence-electron chi connectivity index (χ0n) is 16.8. The van der Waals surface area contributed by atoms with Crippen LogP contribution in [0, 0.1) is 6.92 Å². The van der Waals surface area contributed by atoms with Crippen molar-refractivity contribution in [2.45, 2.75) is 25.8 Å². The largest absolute Gasteiger partial charge is 0.493 e. The second kappa shape index (κ2) is 8.93. The molecule has 1 saturated heterocycles. The van der Waals surface area contributed by atoms with Crippen molar-refractivity contribution in [3.8, 4) is 11.5 Å². The number of aryl methyl sites for hydroxylation is 1. The monoisotopic (exact) mass is 398 g/mol. The van der Waals surface area contributed by atoms with E-state index >= 15 is 0 Å². The molecule has 0 bridgehead atoms. The molecule has 2 rings (SSSR count). The van der Waals surface area contributed by atoms with Crippen LogP contribution in [0.1, 0.15) is 17.5 Å². The number of rotatable bonds is 8. The molecule has 0 N–H and O–H groups in total. The molecule has 27 heavy (non-hydrogen) atoms. The summed E-state index contributed by atoms with van der Waals surface area (Å²) in [7, 11) is 3.95. The van der Waals surface area contributed by atoms with Crippen molar-refractivity contribution in [1.29, 1.82) is 0 Å². The molecule has 1 heterocycles. The van der Waals surface area contributed by atoms with Gasteiger partial charge in [-0.15, -0.1) is 0 Å². The molecule has 7 nitrogen and oxygen atoms in total. The van der Waals surface area contributed by atoms with Crippen LogP contribution >= 0.6 is 0 Å². The quantitative estimate of drug-likeness (QED) is 0.653. The average Bonchev–Trinajstić information content (AvgIpc) is 2.95. The number of hydrogen-bond donors (Lipinski definition) is 0. The minimum absolute atomic E-state index is 0.0527. The number of hydrogen-bond acceptors (Lipinski definition) is 6. The van der Waals surface area contributed by atoms with E-state index in [4.69, 9.17) is 9.47 Å². The third-order valence-electron chi connectivity index (χ3n) is 4.94. The van der Waals surface area contributed by atoms with Crippen LogP contribution in [0.25, 0.3) is 0 Å². The van der Waals surface area contributed by atoms with E-state index in [1.54, 1.807) is 19.1 Å². The van der Waals surface area contributed by atoms with E-state index in [2.05, 4.69) is 0 Å². The van der Waals surface area contributed by atoms with Crippen molar-refractivity contribution in [2.75, 3.05) is 52.9 Å². The highest BCUT2D eigenvalue weighted by Crippen LogP contribution is 2.31. The Morgan fingerprint density at radius 2 is 1.78 bits per heavy atom. The lowest BCUT2D eigenvalue weighted by molar-refractivity contribution is -0.132. The van der Waals surface area contributed by atoms with Crippen LogP contribution in [0.5, 0.6) is 11.5 Å². The summed E-state index contributed by atoms with van der Waals surface area (Å²) in [6, 6.07) is 3.43. The number of ether oxygens (including phenoxy) is 2. The number of amides is 1. The van der Waals surface area contributed by atoms with Gasteiger partial charge in [0.2, 0.25) is 5.91 Å². The number of methoxy groups -OCH3 is 2. The number of carbonyl (C=O) groups excluding carboxylic acids is 1. The highest BCUT2D eigenvalue weighted by Gasteiger charge is 2.34. The van der Waals surface area contributed by atoms with Crippen LogP contribution in [0.4, 0.5) is 0 Å². The van der Waals surface area contributed by atoms with Gasteiger partial charge in [0.15, 0.2) is 21.3 Å². The van der Waals surface area contributed by atoms with E-state index in [0.717, 1.165) is 11.1 Å². The standard InChI is InChI=1S/C19H30N2O5S/c1-14-10-17(25-4)18(26-5)11-15(14)12-19(22)21(8-7-20(2)3)16-6-9-27(23,24)13-16/h10-11,16H,6-9,12-13H2,1-5H3. The van der Waals surface area contributed by atoms with Crippen LogP contribution < -0.4 is 9.47 Å². The topological polar surface area (TPSA) is 76.2 Å². The molecule has 0 aliphatic carbocycles. The average molecular weight is 399 g/mol. The molecule has 1 aromatic rings. The normalized spacial score (nSPS) is 18.5. The van der Waals surface area contributed by atoms with Crippen LogP contribution in [-0.2, 0) is 21.1 Å². The first-order chi connectivity index (χ1) is 12.7. The maximum atomic E-state index is 13.1. The summed E-state index contributed by atoms with van der Waals surface area (Å²) in [5.74, 6) is 1.34. The molecule has 8 heteroatoms. The molecule has 1 aliphatic rings. The molecule has 152 valence electrons. The SMILES string of the molecule is COc1cc(C)c(CC(=O)N(CCN(C)C)C2CCS(=O)(=O)C2)cc1OC. The Morgan fingerprint density at radius 3 is 2.30 bits per heavy atom. The maximum Gasteiger partial charge on any atom is 0.227 e. The van der Waals surface area contributed by atoms with E-state index in [1.807, 2.05) is 38.1 Å². The smallest absolute Gasteiger partial charge is 0.227 e. The first-order valence-electron chi connectivity index (χ1n) is 9.03. The molecule has 1 aromatic carbocycles. The van der Waals surface area contributed by atoms with Crippen LogP contribution in [0.2, 0.25) is 0 Å². The summed E-state index contributed by atoms with van der Waals surface area (Å²) >= 11 is 0. The third kappa shape index (κ3) is 5.59. The van der Waals surface area contributed by atoms with Crippen molar-refractivity contribution in [3.63, 3.8) is 0 Å². The van der Waals surface area contributed by atoms with Crippen molar-refractivity contribution >= 4 is 15.7 Å². The predicted molar refractivity (Wildman–Crippen MR) is 105 cm³/mol. The Labute approximate surface area is 162 Å². The van der Waals surface area contributed by atoms with Crippen molar-refractivity contribution in [3.05, 3.63) is 23.3 Å². The van der Waals surface area contributed by atoms with Crippen LogP contribution in [0.15, 0.2) is 12.1 Å². The Hall–Kier alpha value is -1.80. The third-order valence-corrected chi connectivity index (χ3v) is 6.69. The Bertz CT molecular complexity index is 777. The number of sulfone groups is 1. The predicted octanol–water partition coefficient (Wildman–Crippen LogP) is 1.13. The lowest BCUT2D eigenvalue weighted by atomic mass is 10.0. The minimum atomic E-state index is -3.06. The number of carbonyl (C=O) groups is 1. The summed E-state index contributed by atoms with van der Waals surface area (Å²) in [4.78, 5) is 16.8. The minimum Gasteiger partial charge on any atom is -0.493 e. The Kier molecular flexibility index (Phi) is 7.11. The highest BCUT2D eigenvalue weighted by atomic mass is 32.2. The second-order valence-electron chi connectivity index (χ2n) is 7.26. The maximum absolute atomic E-state index is 13.1. The van der Waals surface area contributed by atoms with Crippen LogP contribution in [-0.4, -0.2) is 83.1 Å². The van der Waals surface area contributed by atoms with Gasteiger partial charge in [0.1, 0.15) is 0 Å². The number of benzene rings is 1. The van der Waals surface area contributed by atoms with E-state index in [0.29, 0.717) is 31.0 Å². The summed E-state index contributed by atoms with van der Waals surface area (Å²) in [5, 5.41) is 0. The first kappa shape index (κ1) is 21.5. The van der Waals surface area contributed by atoms with E-state index in [1.165, 1.54) is 0 Å². The van der Waals surface area contributed by atoms with Crippen molar-refractivity contribution in [1.82, 2.24) is 9.80 Å². The van der Waals surface area contributed by atoms with E-state index in [9.17, 15) is 13.2 Å². The highest BCUT2D eigenvalue weighted by molar-refractivity contribution is 7.91. The van der Waals surface area contributed by atoms with Gasteiger partial charge in [0.25, 0.3) is 0 Å². The fraction of sp³-hybridized carbons (Fsp3) is 0.632. The zero-order valence-corrected chi connectivity index (χ0v) is 17.6. The fourth-order valence-corrected chi connectivity index (χ4v) is 5.05. The van der Waals surface area contributed by atoms with E-state index in [-0.39, 0.29) is 29.9 Å². The summed E-state index contributed by atoms with van der Waals surface area (Å²) < 4.78 is 34.4. The molecule has 1 unspecified atom stereocenters. The van der Waals surface area contributed by atoms with Gasteiger partial charge in [-0.2, -0.15) is 0 Å². The van der Waals surface area contributed by atoms with E-state index < -0.39 is 9.84 Å². The number of likely N-dealkylation sites (N-methyl/N-ethyl adjacent to an activating group) is 1. The second-order valence-corrected chi connectivity index (χ2v) is 9.49. The Balaban J connectivity index is 2.22. The lowest BCUT2D eigenvalue weighted by Gasteiger charge is -2.30. The van der Waals surface area contributed by atoms with Crippen molar-refractivity contribution < 1.29 is 22.7 Å². The molecule has 1 fully saturated rings. The summed E-state index contributed by atoms with van der Waals surface area (Å²) in [6.07, 6.45) is 0.711. The van der Waals surface area contributed by atoms with Crippen molar-refractivity contribution in [2.24, 2.45) is 0 Å². The molecule has 0 aromatic heterocycles. The van der Waals surface area contributed by atoms with Gasteiger partial charge in [0, 0.05) is 19.1 Å². The molecule has 1 aliphatic heterocycles. The fourth-order valence-electron chi connectivity index (χ4n) is 3.32. The van der Waals surface area contributed by atoms with Gasteiger partial charge in [0.05, 0.1) is 32.1 Å². The van der Waals surface area contributed by atoms with Crippen LogP contribution in [0.3, 0.4) is 0 Å². The lowest BCUT2D eigenvalue weighted by Crippen LogP contribution is -2.45. The number of nitrogens with zero attached hydrogens (tertiary/aromatic N) is 2. The molecular formula is C19H30N2O5S. The molecule has 0 spiro atoms. The molecular weight excluding hydrogens is 368 g/mol. The van der Waals surface area contributed by atoms with Gasteiger partial charge >= 0.3 is 0 Å². The molecule has 0 radical (unpaired) electrons. The summed E-state index contributed by atoms with van der Waals surface area (Å²) in [5.41, 5.74) is 1.79. The summed E-state index contributed by atoms with van der Waals surface area (Å²) in [6.45, 7) is 3.13. The molecule has 1 atom stereocenters. The van der Waals surface area contributed by atoms with Gasteiger partial charge in [-0.05, 0) is 50.7 Å². The van der Waals surface area contributed by atoms with Gasteiger partial charge < -0.3 is 19.3 Å². The first-order valence-corrected chi connectivity index (χ1v) is 10.8. The van der Waals surface area contributed by atoms with Gasteiger partial charge in [-0.1, -0.05) is 0 Å². The van der Waals surface area contributed by atoms with Gasteiger partial charge in [-0.25, -0.2) is 8.42 Å². The Morgan fingerprint density at radius 1 is 1.15 bits per heavy atom. The molecule has 0 saturated carbocycles. The van der Waals surface area contributed by atoms with Gasteiger partial charge in [-0.3, -0.25) is 4.79 Å².